The molecule has 7 nitrogen and oxygen atoms in total. The quantitative estimate of drug-likeness (QED) is 0.542. The van der Waals surface area contributed by atoms with E-state index < -0.39 is 17.9 Å². The van der Waals surface area contributed by atoms with Crippen molar-refractivity contribution < 1.29 is 19.1 Å². The summed E-state index contributed by atoms with van der Waals surface area (Å²) in [6.45, 7) is 2.28. The summed E-state index contributed by atoms with van der Waals surface area (Å²) < 4.78 is 5.32. The number of carbonyl (C=O) groups is 3. The summed E-state index contributed by atoms with van der Waals surface area (Å²) in [5.41, 5.74) is 6.43. The normalized spacial score (nSPS) is 18.0. The Labute approximate surface area is 121 Å². The minimum atomic E-state index is -0.716. The van der Waals surface area contributed by atoms with Crippen LogP contribution in [-0.2, 0) is 9.59 Å². The molecule has 1 aromatic carbocycles. The first-order valence-electron chi connectivity index (χ1n) is 6.67. The zero-order valence-corrected chi connectivity index (χ0v) is 11.6. The molecule has 0 aromatic heterocycles. The maximum Gasteiger partial charge on any atom is 0.252 e. The highest BCUT2D eigenvalue weighted by atomic mass is 16.5. The monoisotopic (exact) mass is 291 g/mol. The van der Waals surface area contributed by atoms with Gasteiger partial charge in [-0.05, 0) is 25.5 Å². The van der Waals surface area contributed by atoms with E-state index in [2.05, 4.69) is 10.6 Å². The molecule has 0 bridgehead atoms. The third-order valence-corrected chi connectivity index (χ3v) is 3.05. The first kappa shape index (κ1) is 14.8. The third-order valence-electron chi connectivity index (χ3n) is 3.05. The van der Waals surface area contributed by atoms with Crippen molar-refractivity contribution in [3.63, 3.8) is 0 Å². The van der Waals surface area contributed by atoms with Crippen LogP contribution in [0.15, 0.2) is 18.2 Å². The summed E-state index contributed by atoms with van der Waals surface area (Å²) in [5.74, 6) is -0.759. The van der Waals surface area contributed by atoms with Crippen LogP contribution in [0.1, 0.15) is 30.1 Å². The van der Waals surface area contributed by atoms with Crippen molar-refractivity contribution in [3.8, 4) is 5.75 Å². The number of benzene rings is 1. The first-order valence-corrected chi connectivity index (χ1v) is 6.67. The van der Waals surface area contributed by atoms with Crippen molar-refractivity contribution >= 4 is 23.4 Å². The lowest BCUT2D eigenvalue weighted by atomic mass is 10.1. The lowest BCUT2D eigenvalue weighted by Crippen LogP contribution is -2.52. The molecule has 1 aromatic rings. The number of hydrogen-bond acceptors (Lipinski definition) is 5. The number of rotatable bonds is 4. The first-order chi connectivity index (χ1) is 9.99. The van der Waals surface area contributed by atoms with Crippen LogP contribution in [-0.4, -0.2) is 30.4 Å². The fourth-order valence-corrected chi connectivity index (χ4v) is 2.08. The Kier molecular flexibility index (Phi) is 4.42. The Bertz CT molecular complexity index is 586. The van der Waals surface area contributed by atoms with Gasteiger partial charge < -0.3 is 15.8 Å². The van der Waals surface area contributed by atoms with E-state index in [9.17, 15) is 14.4 Å². The molecule has 4 N–H and O–H groups in total. The van der Waals surface area contributed by atoms with Gasteiger partial charge in [-0.3, -0.25) is 19.7 Å². The Hall–Kier alpha value is -2.57. The smallest absolute Gasteiger partial charge is 0.252 e. The van der Waals surface area contributed by atoms with Crippen LogP contribution in [0.25, 0.3) is 0 Å². The van der Waals surface area contributed by atoms with Crippen LogP contribution in [0, 0.1) is 0 Å². The topological polar surface area (TPSA) is 111 Å². The molecule has 21 heavy (non-hydrogen) atoms. The van der Waals surface area contributed by atoms with E-state index in [4.69, 9.17) is 10.5 Å². The molecule has 0 spiro atoms. The summed E-state index contributed by atoms with van der Waals surface area (Å²) in [6.07, 6.45) is 0.495. The second kappa shape index (κ2) is 6.25. The largest absolute Gasteiger partial charge is 0.494 e. The summed E-state index contributed by atoms with van der Waals surface area (Å²) in [6, 6.07) is 3.96. The van der Waals surface area contributed by atoms with E-state index in [0.717, 1.165) is 0 Å². The zero-order valence-electron chi connectivity index (χ0n) is 11.6. The number of piperidine rings is 1. The van der Waals surface area contributed by atoms with E-state index in [1.807, 2.05) is 6.92 Å². The van der Waals surface area contributed by atoms with Crippen LogP contribution in [0.3, 0.4) is 0 Å². The van der Waals surface area contributed by atoms with E-state index in [0.29, 0.717) is 23.6 Å². The second-order valence-electron chi connectivity index (χ2n) is 4.70. The molecule has 2 rings (SSSR count). The third kappa shape index (κ3) is 3.71. The van der Waals surface area contributed by atoms with Gasteiger partial charge in [-0.15, -0.1) is 0 Å². The highest BCUT2D eigenvalue weighted by molar-refractivity contribution is 6.04. The molecule has 0 saturated carbocycles. The summed E-state index contributed by atoms with van der Waals surface area (Å²) in [7, 11) is 0. The number of carbonyl (C=O) groups excluding carboxylic acids is 3. The van der Waals surface area contributed by atoms with Crippen LogP contribution < -0.4 is 21.1 Å². The molecule has 0 radical (unpaired) electrons. The summed E-state index contributed by atoms with van der Waals surface area (Å²) >= 11 is 0. The summed E-state index contributed by atoms with van der Waals surface area (Å²) in [5, 5.41) is 4.77. The maximum absolute atomic E-state index is 12.2. The molecule has 1 atom stereocenters. The van der Waals surface area contributed by atoms with Crippen molar-refractivity contribution in [1.82, 2.24) is 10.6 Å². The number of ether oxygens (including phenoxy) is 1. The van der Waals surface area contributed by atoms with Crippen molar-refractivity contribution in [1.29, 1.82) is 0 Å². The van der Waals surface area contributed by atoms with Crippen molar-refractivity contribution in [2.45, 2.75) is 25.8 Å². The summed E-state index contributed by atoms with van der Waals surface area (Å²) in [4.78, 5) is 34.8. The average molecular weight is 291 g/mol. The maximum atomic E-state index is 12.2. The molecule has 7 heteroatoms. The minimum absolute atomic E-state index is 0.206. The molecule has 1 unspecified atom stereocenters. The molecule has 0 aliphatic carbocycles. The van der Waals surface area contributed by atoms with Gasteiger partial charge in [-0.2, -0.15) is 0 Å². The highest BCUT2D eigenvalue weighted by Crippen LogP contribution is 2.19. The van der Waals surface area contributed by atoms with Crippen LogP contribution in [0.5, 0.6) is 5.75 Å². The van der Waals surface area contributed by atoms with Gasteiger partial charge in [0.2, 0.25) is 11.8 Å². The van der Waals surface area contributed by atoms with Crippen LogP contribution >= 0.6 is 0 Å². The molecule has 3 amide bonds. The van der Waals surface area contributed by atoms with Crippen molar-refractivity contribution in [3.05, 3.63) is 23.8 Å². The number of hydrogen-bond donors (Lipinski definition) is 3. The molecule has 1 aliphatic rings. The Morgan fingerprint density at radius 1 is 1.43 bits per heavy atom. The lowest BCUT2D eigenvalue weighted by Gasteiger charge is -2.22. The average Bonchev–Trinajstić information content (AvgIpc) is 2.41. The molecule has 1 heterocycles. The van der Waals surface area contributed by atoms with Gasteiger partial charge in [-0.25, -0.2) is 0 Å². The molecule has 112 valence electrons. The van der Waals surface area contributed by atoms with Gasteiger partial charge in [0.25, 0.3) is 5.91 Å². The van der Waals surface area contributed by atoms with E-state index >= 15 is 0 Å². The van der Waals surface area contributed by atoms with Gasteiger partial charge in [-0.1, -0.05) is 0 Å². The molecule has 1 aliphatic heterocycles. The number of anilines is 1. The van der Waals surface area contributed by atoms with Crippen molar-refractivity contribution in [2.75, 3.05) is 12.3 Å². The SMILES string of the molecule is CCOc1cc(N)cc(C(=O)NC2CCC(=O)NC2=O)c1. The molecule has 1 saturated heterocycles. The van der Waals surface area contributed by atoms with Gasteiger partial charge in [0.1, 0.15) is 11.8 Å². The standard InChI is InChI=1S/C14H17N3O4/c1-2-21-10-6-8(5-9(15)7-10)13(19)16-11-3-4-12(18)17-14(11)20/h5-7,11H,2-4,15H2,1H3,(H,16,19)(H,17,18,20). The number of nitrogens with one attached hydrogen (secondary N) is 2. The predicted molar refractivity (Wildman–Crippen MR) is 75.7 cm³/mol. The van der Waals surface area contributed by atoms with E-state index in [-0.39, 0.29) is 18.7 Å². The van der Waals surface area contributed by atoms with Gasteiger partial charge >= 0.3 is 0 Å². The number of amides is 3. The number of nitrogens with two attached hydrogens (primary N) is 1. The number of nitrogen functional groups attached to an aromatic ring is 1. The van der Waals surface area contributed by atoms with E-state index in [1.165, 1.54) is 6.07 Å². The van der Waals surface area contributed by atoms with E-state index in [1.54, 1.807) is 12.1 Å². The van der Waals surface area contributed by atoms with Gasteiger partial charge in [0.15, 0.2) is 0 Å². The van der Waals surface area contributed by atoms with Crippen molar-refractivity contribution in [2.24, 2.45) is 0 Å². The molecular weight excluding hydrogens is 274 g/mol. The fourth-order valence-electron chi connectivity index (χ4n) is 2.08. The Balaban J connectivity index is 2.09. The number of imide groups is 1. The highest BCUT2D eigenvalue weighted by Gasteiger charge is 2.28. The van der Waals surface area contributed by atoms with Gasteiger partial charge in [0.05, 0.1) is 6.61 Å². The predicted octanol–water partition coefficient (Wildman–Crippen LogP) is 0.202. The fraction of sp³-hybridized carbons (Fsp3) is 0.357. The van der Waals surface area contributed by atoms with Crippen LogP contribution in [0.4, 0.5) is 5.69 Å². The zero-order chi connectivity index (χ0) is 15.4. The Morgan fingerprint density at radius 2 is 2.19 bits per heavy atom. The lowest BCUT2D eigenvalue weighted by molar-refractivity contribution is -0.134. The molecule has 1 fully saturated rings. The molecular formula is C14H17N3O4. The van der Waals surface area contributed by atoms with Gasteiger partial charge in [0, 0.05) is 23.7 Å². The second-order valence-corrected chi connectivity index (χ2v) is 4.70. The van der Waals surface area contributed by atoms with Crippen LogP contribution in [0.2, 0.25) is 0 Å². The minimum Gasteiger partial charge on any atom is -0.494 e. The Morgan fingerprint density at radius 3 is 2.86 bits per heavy atom.